The second kappa shape index (κ2) is 19.4. The standard InChI is InChI=1S/C31H43ClN2O2S.BrH/c1-2-3-4-5-6-7-8-9-10-11-12-13-20-36-28-17-18-30(29(32)23-28)33-31(35)27-16-14-15-26(22-27)24-34-19-21-37-25-34;/h14-19,21-23H,2-13,20,24-25H2,1H3,(H,33,35);1H. The number of hydrogen-bond acceptors (Lipinski definition) is 4. The average Bonchev–Trinajstić information content (AvgIpc) is 3.41. The van der Waals surface area contributed by atoms with Crippen LogP contribution in [0.5, 0.6) is 5.75 Å². The summed E-state index contributed by atoms with van der Waals surface area (Å²) in [6.45, 7) is 3.75. The van der Waals surface area contributed by atoms with E-state index in [4.69, 9.17) is 16.3 Å². The van der Waals surface area contributed by atoms with Gasteiger partial charge >= 0.3 is 0 Å². The van der Waals surface area contributed by atoms with E-state index in [2.05, 4.69) is 28.7 Å². The molecule has 0 radical (unpaired) electrons. The predicted molar refractivity (Wildman–Crippen MR) is 170 cm³/mol. The van der Waals surface area contributed by atoms with Crippen molar-refractivity contribution >= 4 is 51.9 Å². The molecule has 1 N–H and O–H groups in total. The first-order valence-electron chi connectivity index (χ1n) is 14.0. The minimum atomic E-state index is -0.166. The van der Waals surface area contributed by atoms with Crippen LogP contribution in [0.3, 0.4) is 0 Å². The largest absolute Gasteiger partial charge is 0.494 e. The van der Waals surface area contributed by atoms with E-state index in [0.717, 1.165) is 30.2 Å². The van der Waals surface area contributed by atoms with Crippen molar-refractivity contribution in [2.75, 3.05) is 17.8 Å². The van der Waals surface area contributed by atoms with Gasteiger partial charge in [0.2, 0.25) is 0 Å². The number of thioether (sulfide) groups is 1. The van der Waals surface area contributed by atoms with Crippen molar-refractivity contribution in [1.82, 2.24) is 4.90 Å². The molecule has 0 fully saturated rings. The number of rotatable bonds is 18. The van der Waals surface area contributed by atoms with Gasteiger partial charge in [-0.05, 0) is 41.7 Å². The van der Waals surface area contributed by atoms with Crippen LogP contribution < -0.4 is 10.1 Å². The summed E-state index contributed by atoms with van der Waals surface area (Å²) >= 11 is 8.22. The summed E-state index contributed by atoms with van der Waals surface area (Å²) in [6.07, 6.45) is 18.0. The van der Waals surface area contributed by atoms with Crippen molar-refractivity contribution in [2.24, 2.45) is 0 Å². The van der Waals surface area contributed by atoms with E-state index in [1.807, 2.05) is 36.4 Å². The number of anilines is 1. The van der Waals surface area contributed by atoms with Crippen LogP contribution in [-0.2, 0) is 6.54 Å². The highest BCUT2D eigenvalue weighted by Gasteiger charge is 2.12. The molecule has 0 aliphatic carbocycles. The number of nitrogens with one attached hydrogen (secondary N) is 1. The molecule has 0 spiro atoms. The van der Waals surface area contributed by atoms with E-state index in [9.17, 15) is 4.79 Å². The number of ether oxygens (including phenoxy) is 1. The van der Waals surface area contributed by atoms with Crippen LogP contribution in [0.15, 0.2) is 54.1 Å². The molecule has 0 bridgehead atoms. The molecule has 0 atom stereocenters. The van der Waals surface area contributed by atoms with Crippen LogP contribution in [0.25, 0.3) is 0 Å². The minimum absolute atomic E-state index is 0. The first kappa shape index (κ1) is 32.6. The normalized spacial score (nSPS) is 12.4. The van der Waals surface area contributed by atoms with Crippen LogP contribution in [0.4, 0.5) is 5.69 Å². The lowest BCUT2D eigenvalue weighted by Gasteiger charge is -2.15. The van der Waals surface area contributed by atoms with Gasteiger partial charge < -0.3 is 15.0 Å². The summed E-state index contributed by atoms with van der Waals surface area (Å²) in [5.41, 5.74) is 2.32. The molecule has 210 valence electrons. The van der Waals surface area contributed by atoms with Crippen molar-refractivity contribution in [3.05, 3.63) is 70.2 Å². The molecule has 0 saturated carbocycles. The van der Waals surface area contributed by atoms with E-state index in [1.54, 1.807) is 17.8 Å². The lowest BCUT2D eigenvalue weighted by atomic mass is 10.1. The fourth-order valence-electron chi connectivity index (χ4n) is 4.47. The Kier molecular flexibility index (Phi) is 16.7. The Morgan fingerprint density at radius 2 is 1.63 bits per heavy atom. The smallest absolute Gasteiger partial charge is 0.255 e. The number of nitrogens with zero attached hydrogens (tertiary/aromatic N) is 1. The lowest BCUT2D eigenvalue weighted by molar-refractivity contribution is 0.102. The number of carbonyl (C=O) groups is 1. The molecule has 1 amide bonds. The Balaban J connectivity index is 0.00000507. The third-order valence-electron chi connectivity index (χ3n) is 6.64. The van der Waals surface area contributed by atoms with Crippen LogP contribution in [0, 0.1) is 0 Å². The van der Waals surface area contributed by atoms with Crippen molar-refractivity contribution < 1.29 is 9.53 Å². The number of unbranched alkanes of at least 4 members (excludes halogenated alkanes) is 11. The molecule has 0 saturated heterocycles. The quantitative estimate of drug-likeness (QED) is 0.168. The van der Waals surface area contributed by atoms with E-state index in [0.29, 0.717) is 22.9 Å². The number of halogens is 2. The average molecular weight is 624 g/mol. The fourth-order valence-corrected chi connectivity index (χ4v) is 5.40. The Bertz CT molecular complexity index is 988. The molecule has 4 nitrogen and oxygen atoms in total. The Labute approximate surface area is 249 Å². The summed E-state index contributed by atoms with van der Waals surface area (Å²) in [6, 6.07) is 13.2. The Morgan fingerprint density at radius 1 is 0.947 bits per heavy atom. The van der Waals surface area contributed by atoms with Crippen molar-refractivity contribution in [2.45, 2.75) is 90.5 Å². The highest BCUT2D eigenvalue weighted by atomic mass is 79.9. The summed E-state index contributed by atoms with van der Waals surface area (Å²) in [7, 11) is 0. The van der Waals surface area contributed by atoms with Crippen molar-refractivity contribution in [1.29, 1.82) is 0 Å². The fraction of sp³-hybridized carbons (Fsp3) is 0.516. The predicted octanol–water partition coefficient (Wildman–Crippen LogP) is 10.2. The zero-order chi connectivity index (χ0) is 26.1. The monoisotopic (exact) mass is 622 g/mol. The highest BCUT2D eigenvalue weighted by molar-refractivity contribution is 8.93. The first-order chi connectivity index (χ1) is 18.2. The molecule has 3 rings (SSSR count). The van der Waals surface area contributed by atoms with Crippen LogP contribution in [0.1, 0.15) is 99.9 Å². The zero-order valence-corrected chi connectivity index (χ0v) is 26.0. The molecule has 0 unspecified atom stereocenters. The lowest BCUT2D eigenvalue weighted by Crippen LogP contribution is -2.15. The van der Waals surface area contributed by atoms with Gasteiger partial charge in [-0.15, -0.1) is 28.7 Å². The third-order valence-corrected chi connectivity index (χ3v) is 7.75. The third kappa shape index (κ3) is 12.5. The molecule has 38 heavy (non-hydrogen) atoms. The molecule has 1 aliphatic heterocycles. The molecule has 7 heteroatoms. The van der Waals surface area contributed by atoms with Crippen LogP contribution in [0.2, 0.25) is 5.02 Å². The summed E-state index contributed by atoms with van der Waals surface area (Å²) in [4.78, 5) is 15.0. The number of amides is 1. The molecular formula is C31H44BrClN2O2S. The summed E-state index contributed by atoms with van der Waals surface area (Å²) < 4.78 is 5.89. The van der Waals surface area contributed by atoms with Crippen LogP contribution in [-0.4, -0.2) is 23.3 Å². The molecule has 1 aliphatic rings. The molecular weight excluding hydrogens is 580 g/mol. The number of carbonyl (C=O) groups excluding carboxylic acids is 1. The molecule has 0 aromatic heterocycles. The maximum Gasteiger partial charge on any atom is 0.255 e. The van der Waals surface area contributed by atoms with Gasteiger partial charge in [0.25, 0.3) is 5.91 Å². The molecule has 2 aromatic rings. The molecule has 1 heterocycles. The van der Waals surface area contributed by atoms with Gasteiger partial charge in [-0.1, -0.05) is 101 Å². The summed E-state index contributed by atoms with van der Waals surface area (Å²) in [5.74, 6) is 1.52. The molecule has 2 aromatic carbocycles. The Hall–Kier alpha value is -1.63. The minimum Gasteiger partial charge on any atom is -0.494 e. The van der Waals surface area contributed by atoms with Crippen molar-refractivity contribution in [3.8, 4) is 5.75 Å². The topological polar surface area (TPSA) is 41.6 Å². The van der Waals surface area contributed by atoms with Crippen molar-refractivity contribution in [3.63, 3.8) is 0 Å². The van der Waals surface area contributed by atoms with Gasteiger partial charge in [-0.2, -0.15) is 0 Å². The Morgan fingerprint density at radius 3 is 2.26 bits per heavy atom. The highest BCUT2D eigenvalue weighted by Crippen LogP contribution is 2.28. The first-order valence-corrected chi connectivity index (χ1v) is 15.4. The SMILES string of the molecule is Br.CCCCCCCCCCCCCCOc1ccc(NC(=O)c2cccc(CN3C=CSC3)c2)c(Cl)c1. The maximum atomic E-state index is 12.8. The zero-order valence-electron chi connectivity index (χ0n) is 22.8. The van der Waals surface area contributed by atoms with Gasteiger partial charge in [0.15, 0.2) is 0 Å². The van der Waals surface area contributed by atoms with Gasteiger partial charge in [-0.25, -0.2) is 0 Å². The van der Waals surface area contributed by atoms with E-state index >= 15 is 0 Å². The van der Waals surface area contributed by atoms with Gasteiger partial charge in [0, 0.05) is 24.4 Å². The number of hydrogen-bond donors (Lipinski definition) is 1. The maximum absolute atomic E-state index is 12.8. The second-order valence-corrected chi connectivity index (χ2v) is 11.1. The second-order valence-electron chi connectivity index (χ2n) is 9.86. The van der Waals surface area contributed by atoms with Gasteiger partial charge in [-0.3, -0.25) is 4.79 Å². The number of benzene rings is 2. The summed E-state index contributed by atoms with van der Waals surface area (Å²) in [5, 5.41) is 5.50. The van der Waals surface area contributed by atoms with Gasteiger partial charge in [0.1, 0.15) is 5.75 Å². The van der Waals surface area contributed by atoms with E-state index in [-0.39, 0.29) is 22.9 Å². The van der Waals surface area contributed by atoms with E-state index in [1.165, 1.54) is 70.6 Å². The van der Waals surface area contributed by atoms with Crippen LogP contribution >= 0.6 is 40.3 Å². The van der Waals surface area contributed by atoms with E-state index < -0.39 is 0 Å². The van der Waals surface area contributed by atoms with Gasteiger partial charge in [0.05, 0.1) is 23.2 Å².